The van der Waals surface area contributed by atoms with Crippen LogP contribution >= 0.6 is 11.8 Å². The number of methoxy groups -OCH3 is 1. The lowest BCUT2D eigenvalue weighted by Gasteiger charge is -2.30. The molecule has 1 aromatic heterocycles. The van der Waals surface area contributed by atoms with Crippen LogP contribution in [0.3, 0.4) is 0 Å². The van der Waals surface area contributed by atoms with Crippen LogP contribution in [0.4, 0.5) is 0 Å². The smallest absolute Gasteiger partial charge is 0.336 e. The highest BCUT2D eigenvalue weighted by atomic mass is 32.2. The molecule has 0 radical (unpaired) electrons. The van der Waals surface area contributed by atoms with Gasteiger partial charge in [-0.3, -0.25) is 4.79 Å². The maximum atomic E-state index is 12.3. The molecule has 7 heteroatoms. The first-order valence-electron chi connectivity index (χ1n) is 6.22. The molecule has 1 amide bonds. The van der Waals surface area contributed by atoms with Gasteiger partial charge in [0.05, 0.1) is 26.0 Å². The van der Waals surface area contributed by atoms with Crippen molar-refractivity contribution >= 4 is 23.6 Å². The predicted octanol–water partition coefficient (Wildman–Crippen LogP) is 1.16. The molecule has 6 nitrogen and oxygen atoms in total. The van der Waals surface area contributed by atoms with Gasteiger partial charge in [-0.1, -0.05) is 0 Å². The topological polar surface area (TPSA) is 69.0 Å². The summed E-state index contributed by atoms with van der Waals surface area (Å²) in [6.45, 7) is 0.929. The molecule has 2 heterocycles. The fourth-order valence-electron chi connectivity index (χ4n) is 1.98. The summed E-state index contributed by atoms with van der Waals surface area (Å²) in [5.74, 6) is 1.08. The summed E-state index contributed by atoms with van der Waals surface area (Å²) >= 11 is 1.62. The van der Waals surface area contributed by atoms with E-state index < -0.39 is 12.1 Å². The van der Waals surface area contributed by atoms with Crippen molar-refractivity contribution in [3.05, 3.63) is 23.7 Å². The zero-order valence-electron chi connectivity index (χ0n) is 11.5. The van der Waals surface area contributed by atoms with E-state index in [-0.39, 0.29) is 12.5 Å². The molecule has 1 fully saturated rings. The van der Waals surface area contributed by atoms with Crippen LogP contribution in [0.25, 0.3) is 0 Å². The molecule has 2 rings (SSSR count). The first-order chi connectivity index (χ1) is 9.65. The second-order valence-corrected chi connectivity index (χ2v) is 5.20. The van der Waals surface area contributed by atoms with Crippen molar-refractivity contribution in [1.29, 1.82) is 0 Å². The third kappa shape index (κ3) is 3.34. The largest absolute Gasteiger partial charge is 0.467 e. The molecule has 1 atom stereocenters. The molecule has 1 aliphatic rings. The van der Waals surface area contributed by atoms with E-state index in [9.17, 15) is 9.59 Å². The quantitative estimate of drug-likeness (QED) is 0.777. The monoisotopic (exact) mass is 299 g/mol. The minimum atomic E-state index is -0.724. The van der Waals surface area contributed by atoms with Gasteiger partial charge < -0.3 is 18.8 Å². The molecule has 0 aliphatic carbocycles. The molecule has 0 aromatic carbocycles. The third-order valence-electron chi connectivity index (χ3n) is 2.98. The summed E-state index contributed by atoms with van der Waals surface area (Å²) in [6, 6.07) is 3.46. The third-order valence-corrected chi connectivity index (χ3v) is 3.55. The summed E-state index contributed by atoms with van der Waals surface area (Å²) in [6.07, 6.45) is 1.24. The van der Waals surface area contributed by atoms with E-state index in [0.29, 0.717) is 18.9 Å². The standard InChI is InChI=1S/C13H17NO5S/c1-17-13(16)11-7-14(5-6-18-11)12(15)10-4-3-9(19-10)8-20-2/h3-4,11H,5-8H2,1-2H3. The van der Waals surface area contributed by atoms with E-state index in [4.69, 9.17) is 9.15 Å². The SMILES string of the molecule is COC(=O)C1CN(C(=O)c2ccc(CSC)o2)CCO1. The van der Waals surface area contributed by atoms with Crippen molar-refractivity contribution in [1.82, 2.24) is 4.90 Å². The molecular weight excluding hydrogens is 282 g/mol. The lowest BCUT2D eigenvalue weighted by atomic mass is 10.2. The number of rotatable bonds is 4. The number of carbonyl (C=O) groups is 2. The molecule has 110 valence electrons. The minimum absolute atomic E-state index is 0.185. The second kappa shape index (κ2) is 6.81. The predicted molar refractivity (Wildman–Crippen MR) is 73.6 cm³/mol. The van der Waals surface area contributed by atoms with Crippen LogP contribution in [0.5, 0.6) is 0 Å². The van der Waals surface area contributed by atoms with Crippen molar-refractivity contribution in [2.75, 3.05) is 33.1 Å². The van der Waals surface area contributed by atoms with Crippen LogP contribution in [0.1, 0.15) is 16.3 Å². The number of ether oxygens (including phenoxy) is 2. The van der Waals surface area contributed by atoms with Gasteiger partial charge in [0.1, 0.15) is 5.76 Å². The van der Waals surface area contributed by atoms with Crippen molar-refractivity contribution in [3.8, 4) is 0 Å². The Morgan fingerprint density at radius 3 is 3.00 bits per heavy atom. The number of thioether (sulfide) groups is 1. The maximum Gasteiger partial charge on any atom is 0.336 e. The van der Waals surface area contributed by atoms with E-state index in [1.54, 1.807) is 28.8 Å². The molecule has 0 saturated carbocycles. The average Bonchev–Trinajstić information content (AvgIpc) is 2.95. The van der Waals surface area contributed by atoms with Crippen LogP contribution in [0.15, 0.2) is 16.5 Å². The zero-order chi connectivity index (χ0) is 14.5. The number of esters is 1. The van der Waals surface area contributed by atoms with Gasteiger partial charge >= 0.3 is 5.97 Å². The maximum absolute atomic E-state index is 12.3. The van der Waals surface area contributed by atoms with E-state index in [0.717, 1.165) is 11.5 Å². The zero-order valence-corrected chi connectivity index (χ0v) is 12.3. The number of morpholine rings is 1. The molecular formula is C13H17NO5S. The summed E-state index contributed by atoms with van der Waals surface area (Å²) in [5, 5.41) is 0. The lowest BCUT2D eigenvalue weighted by Crippen LogP contribution is -2.48. The molecule has 1 aromatic rings. The Labute approximate surface area is 121 Å². The van der Waals surface area contributed by atoms with Gasteiger partial charge in [-0.15, -0.1) is 0 Å². The van der Waals surface area contributed by atoms with Crippen molar-refractivity contribution < 1.29 is 23.5 Å². The summed E-state index contributed by atoms with van der Waals surface area (Å²) < 4.78 is 15.4. The van der Waals surface area contributed by atoms with Gasteiger partial charge in [0.25, 0.3) is 5.91 Å². The molecule has 0 spiro atoms. The highest BCUT2D eigenvalue weighted by molar-refractivity contribution is 7.97. The number of carbonyl (C=O) groups excluding carboxylic acids is 2. The van der Waals surface area contributed by atoms with Crippen LogP contribution < -0.4 is 0 Å². The van der Waals surface area contributed by atoms with Gasteiger partial charge in [0, 0.05) is 6.54 Å². The van der Waals surface area contributed by atoms with Crippen molar-refractivity contribution in [2.24, 2.45) is 0 Å². The van der Waals surface area contributed by atoms with Crippen molar-refractivity contribution in [3.63, 3.8) is 0 Å². The molecule has 0 N–H and O–H groups in total. The molecule has 0 bridgehead atoms. The second-order valence-electron chi connectivity index (χ2n) is 4.33. The van der Waals surface area contributed by atoms with E-state index in [1.807, 2.05) is 6.26 Å². The summed E-state index contributed by atoms with van der Waals surface area (Å²) in [4.78, 5) is 25.3. The van der Waals surface area contributed by atoms with E-state index in [1.165, 1.54) is 7.11 Å². The molecule has 20 heavy (non-hydrogen) atoms. The number of hydrogen-bond donors (Lipinski definition) is 0. The van der Waals surface area contributed by atoms with Crippen molar-refractivity contribution in [2.45, 2.75) is 11.9 Å². The number of amides is 1. The first-order valence-corrected chi connectivity index (χ1v) is 7.61. The van der Waals surface area contributed by atoms with Crippen LogP contribution in [0.2, 0.25) is 0 Å². The Hall–Kier alpha value is -1.47. The average molecular weight is 299 g/mol. The Kier molecular flexibility index (Phi) is 5.08. The van der Waals surface area contributed by atoms with Gasteiger partial charge in [-0.25, -0.2) is 4.79 Å². The lowest BCUT2D eigenvalue weighted by molar-refractivity contribution is -0.158. The normalized spacial score (nSPS) is 18.9. The fourth-order valence-corrected chi connectivity index (χ4v) is 2.42. The van der Waals surface area contributed by atoms with Gasteiger partial charge in [0.2, 0.25) is 0 Å². The highest BCUT2D eigenvalue weighted by Gasteiger charge is 2.31. The van der Waals surface area contributed by atoms with E-state index >= 15 is 0 Å². The number of nitrogens with zero attached hydrogens (tertiary/aromatic N) is 1. The number of hydrogen-bond acceptors (Lipinski definition) is 6. The van der Waals surface area contributed by atoms with Gasteiger partial charge in [-0.2, -0.15) is 11.8 Å². The van der Waals surface area contributed by atoms with Crippen LogP contribution in [0, 0.1) is 0 Å². The summed E-state index contributed by atoms with van der Waals surface area (Å²) in [5.41, 5.74) is 0. The fraction of sp³-hybridized carbons (Fsp3) is 0.538. The molecule has 1 saturated heterocycles. The van der Waals surface area contributed by atoms with Gasteiger partial charge in [0.15, 0.2) is 11.9 Å². The summed E-state index contributed by atoms with van der Waals surface area (Å²) in [7, 11) is 1.30. The Morgan fingerprint density at radius 1 is 1.50 bits per heavy atom. The number of furan rings is 1. The molecule has 1 aliphatic heterocycles. The highest BCUT2D eigenvalue weighted by Crippen LogP contribution is 2.17. The van der Waals surface area contributed by atoms with Crippen LogP contribution in [-0.4, -0.2) is 55.9 Å². The minimum Gasteiger partial charge on any atom is -0.467 e. The molecule has 1 unspecified atom stereocenters. The van der Waals surface area contributed by atoms with Gasteiger partial charge in [-0.05, 0) is 18.4 Å². The Balaban J connectivity index is 2.02. The van der Waals surface area contributed by atoms with Crippen LogP contribution in [-0.2, 0) is 20.0 Å². The first kappa shape index (κ1) is 14.9. The van der Waals surface area contributed by atoms with E-state index in [2.05, 4.69) is 4.74 Å². The Morgan fingerprint density at radius 2 is 2.30 bits per heavy atom. The Bertz CT molecular complexity index is 487.